The fourth-order valence-corrected chi connectivity index (χ4v) is 2.08. The topological polar surface area (TPSA) is 224 Å². The molecule has 0 aliphatic heterocycles. The molecule has 0 unspecified atom stereocenters. The van der Waals surface area contributed by atoms with E-state index in [1.54, 1.807) is 67.4 Å². The van der Waals surface area contributed by atoms with E-state index in [1.807, 2.05) is 65.6 Å². The highest BCUT2D eigenvalue weighted by Crippen LogP contribution is 1.91. The Morgan fingerprint density at radius 3 is 1.52 bits per heavy atom. The number of thiophene rings is 1. The van der Waals surface area contributed by atoms with Crippen molar-refractivity contribution in [2.75, 3.05) is 0 Å². The molecule has 0 atom stereocenters. The molecule has 8 aromatic rings. The molecule has 0 radical (unpaired) electrons. The highest BCUT2D eigenvalue weighted by atomic mass is 32.1. The third-order valence-corrected chi connectivity index (χ3v) is 3.72. The molecule has 0 spiro atoms. The van der Waals surface area contributed by atoms with Crippen LogP contribution in [0, 0.1) is 0 Å². The number of aromatic amines is 6. The summed E-state index contributed by atoms with van der Waals surface area (Å²) in [5, 5.41) is 37.8. The summed E-state index contributed by atoms with van der Waals surface area (Å²) >= 11 is 1.71. The number of furan rings is 1. The van der Waals surface area contributed by atoms with E-state index in [2.05, 4.69) is 80.8 Å². The minimum Gasteiger partial charge on any atom is -0.473 e. The van der Waals surface area contributed by atoms with Gasteiger partial charge in [0.1, 0.15) is 12.7 Å². The van der Waals surface area contributed by atoms with E-state index < -0.39 is 0 Å². The maximum absolute atomic E-state index is 4.58. The van der Waals surface area contributed by atoms with Gasteiger partial charge in [-0.25, -0.2) is 9.97 Å². The number of nitrogens with one attached hydrogen (secondary N) is 6. The molecule has 8 heterocycles. The van der Waals surface area contributed by atoms with Gasteiger partial charge < -0.3 is 14.4 Å². The standard InChI is InChI=1S/C4H5N.C4H4O.C4H4S.2C3H4N2.2C2H3N3.CH2N4/c3*1-2-4-5-3-1;1-2-5-3-4-1;1-2-4-5-3-1;1-3-2-5-4-1;2*1-2-4-5-3-1/h1-5H;2*1-4H;2*1-3H,(H,4,5);2*1-2H,(H,3,4,5);1H,(H,2,3,4,5). The maximum atomic E-state index is 4.58. The molecule has 17 heteroatoms. The van der Waals surface area contributed by atoms with Gasteiger partial charge in [-0.15, -0.1) is 10.2 Å². The lowest BCUT2D eigenvalue weighted by Crippen LogP contribution is -1.64. The van der Waals surface area contributed by atoms with E-state index in [-0.39, 0.29) is 0 Å². The molecule has 8 rings (SSSR count). The van der Waals surface area contributed by atoms with Gasteiger partial charge in [0, 0.05) is 37.2 Å². The summed E-state index contributed by atoms with van der Waals surface area (Å²) in [5.74, 6) is 0. The minimum absolute atomic E-state index is 1.33. The molecule has 208 valence electrons. The van der Waals surface area contributed by atoms with E-state index in [0.29, 0.717) is 0 Å². The van der Waals surface area contributed by atoms with Crippen LogP contribution >= 0.6 is 11.3 Å². The van der Waals surface area contributed by atoms with Crippen LogP contribution in [-0.2, 0) is 0 Å². The Bertz CT molecular complexity index is 817. The fourth-order valence-electron chi connectivity index (χ4n) is 1.62. The van der Waals surface area contributed by atoms with Crippen LogP contribution in [-0.4, -0.2) is 76.4 Å². The maximum Gasteiger partial charge on any atom is 0.161 e. The quantitative estimate of drug-likeness (QED) is 0.157. The monoisotopic (exact) mass is 563 g/mol. The summed E-state index contributed by atoms with van der Waals surface area (Å²) in [6.45, 7) is 0. The summed E-state index contributed by atoms with van der Waals surface area (Å²) in [5.41, 5.74) is 0. The van der Waals surface area contributed by atoms with Crippen molar-refractivity contribution in [3.05, 3.63) is 141 Å². The number of nitrogens with zero attached hydrogens (tertiary/aromatic N) is 9. The molecular weight excluding hydrogens is 534 g/mol. The molecule has 40 heavy (non-hydrogen) atoms. The van der Waals surface area contributed by atoms with Gasteiger partial charge in [-0.2, -0.15) is 42.2 Å². The lowest BCUT2D eigenvalue weighted by atomic mass is 10.7. The summed E-state index contributed by atoms with van der Waals surface area (Å²) in [6, 6.07) is 13.4. The minimum atomic E-state index is 1.33. The number of imidazole rings is 1. The van der Waals surface area contributed by atoms with Crippen LogP contribution in [0.25, 0.3) is 0 Å². The largest absolute Gasteiger partial charge is 0.473 e. The molecule has 0 aromatic carbocycles. The second-order valence-corrected chi connectivity index (χ2v) is 6.68. The highest BCUT2D eigenvalue weighted by Gasteiger charge is 1.61. The molecule has 0 aliphatic carbocycles. The predicted octanol–water partition coefficient (Wildman–Crippen LogP) is 3.67. The van der Waals surface area contributed by atoms with Crippen molar-refractivity contribution in [3.63, 3.8) is 0 Å². The molecule has 0 fully saturated rings. The van der Waals surface area contributed by atoms with Crippen molar-refractivity contribution in [1.82, 2.24) is 76.4 Å². The third-order valence-electron chi connectivity index (χ3n) is 3.09. The molecule has 0 aliphatic rings. The van der Waals surface area contributed by atoms with Crippen LogP contribution in [0.3, 0.4) is 0 Å². The van der Waals surface area contributed by atoms with E-state index in [1.165, 1.54) is 19.0 Å². The average Bonchev–Trinajstić information content (AvgIpc) is 3.95. The van der Waals surface area contributed by atoms with E-state index in [4.69, 9.17) is 0 Å². The number of tetrazole rings is 1. The Hall–Kier alpha value is -5.97. The van der Waals surface area contributed by atoms with Crippen LogP contribution in [0.2, 0.25) is 0 Å². The number of aromatic nitrogens is 15. The van der Waals surface area contributed by atoms with Crippen LogP contribution in [0.1, 0.15) is 0 Å². The van der Waals surface area contributed by atoms with E-state index in [9.17, 15) is 0 Å². The molecule has 16 nitrogen and oxygen atoms in total. The highest BCUT2D eigenvalue weighted by molar-refractivity contribution is 7.07. The first-order valence-electron chi connectivity index (χ1n) is 11.1. The molecule has 0 bridgehead atoms. The summed E-state index contributed by atoms with van der Waals surface area (Å²) < 4.78 is 4.58. The van der Waals surface area contributed by atoms with E-state index >= 15 is 0 Å². The third kappa shape index (κ3) is 26.6. The Balaban J connectivity index is 0.000000229. The Morgan fingerprint density at radius 2 is 1.32 bits per heavy atom. The molecule has 0 saturated carbocycles. The summed E-state index contributed by atoms with van der Waals surface area (Å²) in [7, 11) is 0. The van der Waals surface area contributed by atoms with Gasteiger partial charge in [-0.05, 0) is 41.1 Å². The molecule has 0 saturated heterocycles. The van der Waals surface area contributed by atoms with Crippen molar-refractivity contribution in [2.45, 2.75) is 0 Å². The lowest BCUT2D eigenvalue weighted by Gasteiger charge is -1.50. The van der Waals surface area contributed by atoms with Gasteiger partial charge in [0.25, 0.3) is 0 Å². The Morgan fingerprint density at radius 1 is 0.525 bits per heavy atom. The van der Waals surface area contributed by atoms with Gasteiger partial charge in [0.05, 0.1) is 31.2 Å². The van der Waals surface area contributed by atoms with Gasteiger partial charge in [0.15, 0.2) is 6.33 Å². The van der Waals surface area contributed by atoms with Crippen molar-refractivity contribution in [3.8, 4) is 0 Å². The van der Waals surface area contributed by atoms with Crippen LogP contribution < -0.4 is 0 Å². The number of hydrogen-bond donors (Lipinski definition) is 6. The average molecular weight is 564 g/mol. The lowest BCUT2D eigenvalue weighted by molar-refractivity contribution is 0.567. The van der Waals surface area contributed by atoms with Gasteiger partial charge in [-0.3, -0.25) is 10.2 Å². The molecule has 8 aromatic heterocycles. The van der Waals surface area contributed by atoms with Crippen LogP contribution in [0.4, 0.5) is 0 Å². The second kappa shape index (κ2) is 29.3. The molecular formula is C23H29N15OS. The van der Waals surface area contributed by atoms with Gasteiger partial charge in [0.2, 0.25) is 0 Å². The second-order valence-electron chi connectivity index (χ2n) is 5.87. The van der Waals surface area contributed by atoms with Crippen molar-refractivity contribution in [1.29, 1.82) is 0 Å². The first-order valence-corrected chi connectivity index (χ1v) is 12.1. The zero-order valence-electron chi connectivity index (χ0n) is 21.1. The number of hydrogen-bond acceptors (Lipinski definition) is 11. The summed E-state index contributed by atoms with van der Waals surface area (Å²) in [6.07, 6.45) is 23.0. The normalized spacial score (nSPS) is 8.00. The predicted molar refractivity (Wildman–Crippen MR) is 148 cm³/mol. The Kier molecular flexibility index (Phi) is 23.5. The molecule has 6 N–H and O–H groups in total. The first-order chi connectivity index (χ1) is 20.0. The number of rotatable bonds is 0. The first kappa shape index (κ1) is 32.1. The van der Waals surface area contributed by atoms with Crippen LogP contribution in [0.5, 0.6) is 0 Å². The fraction of sp³-hybridized carbons (Fsp3) is 0. The Labute approximate surface area is 232 Å². The van der Waals surface area contributed by atoms with Crippen molar-refractivity contribution >= 4 is 11.3 Å². The zero-order chi connectivity index (χ0) is 28.3. The van der Waals surface area contributed by atoms with Gasteiger partial charge >= 0.3 is 0 Å². The van der Waals surface area contributed by atoms with Gasteiger partial charge in [-0.1, -0.05) is 17.3 Å². The SMILES string of the molecule is c1c[nH]cn1.c1cc[nH]c1.c1ccoc1.c1ccsc1.c1cn[nH]c1.c1cn[nH]n1.c1nc[nH]n1.c1nn[nH]n1. The number of H-pyrrole nitrogens is 6. The zero-order valence-corrected chi connectivity index (χ0v) is 21.9. The van der Waals surface area contributed by atoms with E-state index in [0.717, 1.165) is 0 Å². The summed E-state index contributed by atoms with van der Waals surface area (Å²) in [4.78, 5) is 12.8. The van der Waals surface area contributed by atoms with Crippen molar-refractivity contribution in [2.24, 2.45) is 0 Å². The van der Waals surface area contributed by atoms with Crippen molar-refractivity contribution < 1.29 is 4.42 Å². The molecule has 0 amide bonds. The van der Waals surface area contributed by atoms with Crippen LogP contribution in [0.15, 0.2) is 145 Å². The smallest absolute Gasteiger partial charge is 0.161 e.